The number of hydrogen-bond acceptors (Lipinski definition) is 2. The summed E-state index contributed by atoms with van der Waals surface area (Å²) in [5, 5.41) is 9.01. The molecule has 1 N–H and O–H groups in total. The normalized spacial score (nSPS) is 10.3. The van der Waals surface area contributed by atoms with Gasteiger partial charge in [0.1, 0.15) is 5.75 Å². The van der Waals surface area contributed by atoms with E-state index in [9.17, 15) is 4.79 Å². The van der Waals surface area contributed by atoms with Gasteiger partial charge in [0.15, 0.2) is 0 Å². The Bertz CT molecular complexity index is 630. The number of carboxylic acids is 1. The summed E-state index contributed by atoms with van der Waals surface area (Å²) in [7, 11) is 1.55. The van der Waals surface area contributed by atoms with Crippen molar-refractivity contribution in [2.45, 2.75) is 13.8 Å². The number of aryl methyl sites for hydroxylation is 1. The molecule has 0 aliphatic heterocycles. The van der Waals surface area contributed by atoms with Crippen LogP contribution in [0.3, 0.4) is 0 Å². The molecule has 0 amide bonds. The highest BCUT2D eigenvalue weighted by atomic mass is 16.5. The zero-order valence-electron chi connectivity index (χ0n) is 11.2. The lowest BCUT2D eigenvalue weighted by Crippen LogP contribution is -1.98. The van der Waals surface area contributed by atoms with Gasteiger partial charge in [-0.05, 0) is 48.7 Å². The summed E-state index contributed by atoms with van der Waals surface area (Å²) in [5.41, 5.74) is 4.57. The van der Waals surface area contributed by atoms with Gasteiger partial charge in [0.05, 0.1) is 12.7 Å². The van der Waals surface area contributed by atoms with Gasteiger partial charge in [0.25, 0.3) is 0 Å². The highest BCUT2D eigenvalue weighted by molar-refractivity contribution is 5.90. The summed E-state index contributed by atoms with van der Waals surface area (Å²) in [6.07, 6.45) is 0. The number of benzene rings is 2. The molecule has 0 saturated carbocycles. The van der Waals surface area contributed by atoms with E-state index in [0.717, 1.165) is 11.1 Å². The molecule has 0 aromatic heterocycles. The van der Waals surface area contributed by atoms with Crippen LogP contribution in [0, 0.1) is 13.8 Å². The molecule has 0 aliphatic carbocycles. The van der Waals surface area contributed by atoms with Crippen molar-refractivity contribution in [3.05, 3.63) is 53.1 Å². The van der Waals surface area contributed by atoms with Crippen LogP contribution in [-0.4, -0.2) is 18.2 Å². The molecule has 0 bridgehead atoms. The van der Waals surface area contributed by atoms with Gasteiger partial charge in [-0.2, -0.15) is 0 Å². The fourth-order valence-corrected chi connectivity index (χ4v) is 2.09. The van der Waals surface area contributed by atoms with Crippen LogP contribution in [0.1, 0.15) is 21.5 Å². The first-order valence-electron chi connectivity index (χ1n) is 6.02. The molecule has 19 heavy (non-hydrogen) atoms. The van der Waals surface area contributed by atoms with E-state index in [-0.39, 0.29) is 5.56 Å². The van der Waals surface area contributed by atoms with Crippen molar-refractivity contribution in [3.8, 4) is 16.9 Å². The largest absolute Gasteiger partial charge is 0.496 e. The molecule has 2 aromatic carbocycles. The minimum absolute atomic E-state index is 0.228. The predicted molar refractivity (Wildman–Crippen MR) is 74.9 cm³/mol. The second kappa shape index (κ2) is 5.14. The lowest BCUT2D eigenvalue weighted by atomic mass is 9.95. The van der Waals surface area contributed by atoms with Gasteiger partial charge < -0.3 is 9.84 Å². The van der Waals surface area contributed by atoms with Gasteiger partial charge in [-0.25, -0.2) is 4.79 Å². The first kappa shape index (κ1) is 13.1. The van der Waals surface area contributed by atoms with Crippen LogP contribution in [0.2, 0.25) is 0 Å². The summed E-state index contributed by atoms with van der Waals surface area (Å²) in [6.45, 7) is 4.10. The average molecular weight is 256 g/mol. The minimum Gasteiger partial charge on any atom is -0.496 e. The van der Waals surface area contributed by atoms with E-state index < -0.39 is 5.97 Å². The van der Waals surface area contributed by atoms with E-state index in [1.165, 1.54) is 11.1 Å². The molecule has 2 aromatic rings. The zero-order chi connectivity index (χ0) is 14.0. The van der Waals surface area contributed by atoms with Gasteiger partial charge in [0.2, 0.25) is 0 Å². The molecule has 0 heterocycles. The highest BCUT2D eigenvalue weighted by Gasteiger charge is 2.12. The van der Waals surface area contributed by atoms with Gasteiger partial charge in [-0.15, -0.1) is 0 Å². The van der Waals surface area contributed by atoms with Crippen LogP contribution < -0.4 is 4.74 Å². The Kier molecular flexibility index (Phi) is 3.56. The van der Waals surface area contributed by atoms with Gasteiger partial charge in [0, 0.05) is 5.56 Å². The van der Waals surface area contributed by atoms with Gasteiger partial charge >= 0.3 is 5.97 Å². The van der Waals surface area contributed by atoms with E-state index in [1.807, 2.05) is 12.1 Å². The second-order valence-corrected chi connectivity index (χ2v) is 4.47. The SMILES string of the molecule is COc1cc(C(=O)O)ccc1-c1cccc(C)c1C. The van der Waals surface area contributed by atoms with E-state index >= 15 is 0 Å². The first-order valence-corrected chi connectivity index (χ1v) is 6.02. The lowest BCUT2D eigenvalue weighted by molar-refractivity contribution is 0.0696. The van der Waals surface area contributed by atoms with E-state index in [4.69, 9.17) is 9.84 Å². The molecule has 0 fully saturated rings. The molecule has 0 spiro atoms. The molecule has 2 rings (SSSR count). The fourth-order valence-electron chi connectivity index (χ4n) is 2.09. The van der Waals surface area contributed by atoms with Crippen LogP contribution in [0.15, 0.2) is 36.4 Å². The van der Waals surface area contributed by atoms with Crippen LogP contribution in [0.5, 0.6) is 5.75 Å². The van der Waals surface area contributed by atoms with Crippen molar-refractivity contribution >= 4 is 5.97 Å². The van der Waals surface area contributed by atoms with E-state index in [2.05, 4.69) is 19.9 Å². The third-order valence-corrected chi connectivity index (χ3v) is 3.34. The van der Waals surface area contributed by atoms with E-state index in [1.54, 1.807) is 25.3 Å². The smallest absolute Gasteiger partial charge is 0.335 e. The van der Waals surface area contributed by atoms with Crippen molar-refractivity contribution in [1.82, 2.24) is 0 Å². The molecular weight excluding hydrogens is 240 g/mol. The maximum Gasteiger partial charge on any atom is 0.335 e. The Balaban J connectivity index is 2.62. The highest BCUT2D eigenvalue weighted by Crippen LogP contribution is 2.33. The monoisotopic (exact) mass is 256 g/mol. The van der Waals surface area contributed by atoms with Crippen LogP contribution in [0.4, 0.5) is 0 Å². The van der Waals surface area contributed by atoms with Crippen LogP contribution >= 0.6 is 0 Å². The molecule has 0 radical (unpaired) electrons. The molecule has 98 valence electrons. The van der Waals surface area contributed by atoms with Crippen molar-refractivity contribution in [2.24, 2.45) is 0 Å². The van der Waals surface area contributed by atoms with Crippen LogP contribution in [0.25, 0.3) is 11.1 Å². The number of methoxy groups -OCH3 is 1. The number of rotatable bonds is 3. The Hall–Kier alpha value is -2.29. The summed E-state index contributed by atoms with van der Waals surface area (Å²) in [4.78, 5) is 11.0. The number of ether oxygens (including phenoxy) is 1. The first-order chi connectivity index (χ1) is 9.04. The zero-order valence-corrected chi connectivity index (χ0v) is 11.2. The molecule has 0 aliphatic rings. The number of hydrogen-bond donors (Lipinski definition) is 1. The number of carbonyl (C=O) groups is 1. The second-order valence-electron chi connectivity index (χ2n) is 4.47. The third-order valence-electron chi connectivity index (χ3n) is 3.34. The van der Waals surface area contributed by atoms with Crippen molar-refractivity contribution in [3.63, 3.8) is 0 Å². The Morgan fingerprint density at radius 3 is 2.47 bits per heavy atom. The Labute approximate surface area is 112 Å². The lowest BCUT2D eigenvalue weighted by Gasteiger charge is -2.13. The quantitative estimate of drug-likeness (QED) is 0.911. The Morgan fingerprint density at radius 2 is 1.84 bits per heavy atom. The van der Waals surface area contributed by atoms with Crippen molar-refractivity contribution < 1.29 is 14.6 Å². The standard InChI is InChI=1S/C16H16O3/c1-10-5-4-6-13(11(10)2)14-8-7-12(16(17)18)9-15(14)19-3/h4-9H,1-3H3,(H,17,18). The molecule has 3 nitrogen and oxygen atoms in total. The topological polar surface area (TPSA) is 46.5 Å². The number of carboxylic acid groups (broad SMARTS) is 1. The minimum atomic E-state index is -0.953. The number of aromatic carboxylic acids is 1. The maximum absolute atomic E-state index is 11.0. The molecule has 0 unspecified atom stereocenters. The predicted octanol–water partition coefficient (Wildman–Crippen LogP) is 3.68. The van der Waals surface area contributed by atoms with Crippen molar-refractivity contribution in [2.75, 3.05) is 7.11 Å². The average Bonchev–Trinajstić information content (AvgIpc) is 2.41. The summed E-state index contributed by atoms with van der Waals surface area (Å²) < 4.78 is 5.32. The summed E-state index contributed by atoms with van der Waals surface area (Å²) >= 11 is 0. The Morgan fingerprint density at radius 1 is 1.11 bits per heavy atom. The van der Waals surface area contributed by atoms with Gasteiger partial charge in [-0.1, -0.05) is 18.2 Å². The molecule has 0 atom stereocenters. The van der Waals surface area contributed by atoms with E-state index in [0.29, 0.717) is 5.75 Å². The molecule has 0 saturated heterocycles. The third kappa shape index (κ3) is 2.45. The van der Waals surface area contributed by atoms with Gasteiger partial charge in [-0.3, -0.25) is 0 Å². The summed E-state index contributed by atoms with van der Waals surface area (Å²) in [5.74, 6) is -0.376. The van der Waals surface area contributed by atoms with Crippen molar-refractivity contribution in [1.29, 1.82) is 0 Å². The van der Waals surface area contributed by atoms with Crippen LogP contribution in [-0.2, 0) is 0 Å². The molecule has 3 heteroatoms. The fraction of sp³-hybridized carbons (Fsp3) is 0.188. The maximum atomic E-state index is 11.0. The summed E-state index contributed by atoms with van der Waals surface area (Å²) in [6, 6.07) is 11.0. The molecular formula is C16H16O3.